The molecule has 3 aromatic rings. The van der Waals surface area contributed by atoms with Gasteiger partial charge in [0.25, 0.3) is 5.91 Å². The number of benzene rings is 2. The number of hydrogen-bond acceptors (Lipinski definition) is 6. The normalized spacial score (nSPS) is 11.4. The number of anilines is 1. The molecule has 0 saturated carbocycles. The van der Waals surface area contributed by atoms with Gasteiger partial charge in [0, 0.05) is 28.7 Å². The lowest BCUT2D eigenvalue weighted by molar-refractivity contribution is 0.101. The number of amides is 1. The number of carbonyl (C=O) groups is 1. The number of halogens is 4. The predicted octanol–water partition coefficient (Wildman–Crippen LogP) is 3.69. The first-order chi connectivity index (χ1) is 12.7. The smallest absolute Gasteiger partial charge is 0.278 e. The molecule has 1 heterocycles. The molecule has 12 heteroatoms. The van der Waals surface area contributed by atoms with Gasteiger partial charge in [-0.2, -0.15) is 0 Å². The topological polar surface area (TPSA) is 89.0 Å². The van der Waals surface area contributed by atoms with E-state index in [1.54, 1.807) is 0 Å². The molecule has 0 bridgehead atoms. The Labute approximate surface area is 159 Å². The largest absolute Gasteiger partial charge is 0.316 e. The monoisotopic (exact) mass is 433 g/mol. The van der Waals surface area contributed by atoms with Crippen LogP contribution in [0.25, 0.3) is 0 Å². The zero-order chi connectivity index (χ0) is 19.8. The van der Waals surface area contributed by atoms with Crippen molar-refractivity contribution >= 4 is 44.6 Å². The van der Waals surface area contributed by atoms with Crippen molar-refractivity contribution in [2.45, 2.75) is 9.10 Å². The van der Waals surface area contributed by atoms with Crippen molar-refractivity contribution in [3.8, 4) is 0 Å². The summed E-state index contributed by atoms with van der Waals surface area (Å²) in [6, 6.07) is 5.85. The van der Waals surface area contributed by atoms with Crippen molar-refractivity contribution in [3.63, 3.8) is 0 Å². The maximum atomic E-state index is 13.7. The van der Waals surface area contributed by atoms with Gasteiger partial charge < -0.3 is 5.32 Å². The Hall–Kier alpha value is -2.50. The third-order valence-electron chi connectivity index (χ3n) is 3.29. The van der Waals surface area contributed by atoms with Gasteiger partial charge in [-0.05, 0) is 24.3 Å². The molecule has 0 aliphatic carbocycles. The van der Waals surface area contributed by atoms with Crippen LogP contribution in [-0.4, -0.2) is 23.9 Å². The summed E-state index contributed by atoms with van der Waals surface area (Å²) in [6.45, 7) is 0. The van der Waals surface area contributed by atoms with E-state index >= 15 is 0 Å². The fourth-order valence-corrected chi connectivity index (χ4v) is 4.47. The molecule has 2 aromatic carbocycles. The average molecular weight is 434 g/mol. The highest BCUT2D eigenvalue weighted by Crippen LogP contribution is 2.28. The highest BCUT2D eigenvalue weighted by atomic mass is 35.5. The van der Waals surface area contributed by atoms with Crippen LogP contribution in [0, 0.1) is 17.5 Å². The standard InChI is InChI=1S/C15H7ClF3N3O3S2/c16-7-1-3-9(4-2-7)27(24,25)15-13(21-22-26-15)14(23)20-12-10(18)5-8(17)6-11(12)19/h1-6H,(H,20,23). The first kappa shape index (κ1) is 19.3. The molecule has 0 saturated heterocycles. The molecule has 0 fully saturated rings. The summed E-state index contributed by atoms with van der Waals surface area (Å²) in [5.41, 5.74) is -1.60. The van der Waals surface area contributed by atoms with Crippen molar-refractivity contribution in [2.24, 2.45) is 0 Å². The molecule has 0 spiro atoms. The predicted molar refractivity (Wildman–Crippen MR) is 91.1 cm³/mol. The fourth-order valence-electron chi connectivity index (χ4n) is 2.05. The van der Waals surface area contributed by atoms with Crippen LogP contribution in [0.2, 0.25) is 5.02 Å². The summed E-state index contributed by atoms with van der Waals surface area (Å²) in [4.78, 5) is 12.1. The maximum absolute atomic E-state index is 13.7. The number of hydrogen-bond donors (Lipinski definition) is 1. The van der Waals surface area contributed by atoms with Gasteiger partial charge in [-0.15, -0.1) is 5.10 Å². The van der Waals surface area contributed by atoms with Gasteiger partial charge in [0.2, 0.25) is 9.84 Å². The zero-order valence-electron chi connectivity index (χ0n) is 12.9. The van der Waals surface area contributed by atoms with Crippen LogP contribution in [0.1, 0.15) is 10.5 Å². The van der Waals surface area contributed by atoms with E-state index in [-0.39, 0.29) is 4.90 Å². The molecular formula is C15H7ClF3N3O3S2. The lowest BCUT2D eigenvalue weighted by Crippen LogP contribution is -2.18. The Morgan fingerprint density at radius 1 is 1.07 bits per heavy atom. The summed E-state index contributed by atoms with van der Waals surface area (Å²) in [7, 11) is -4.18. The summed E-state index contributed by atoms with van der Waals surface area (Å²) >= 11 is 6.14. The molecule has 0 radical (unpaired) electrons. The van der Waals surface area contributed by atoms with E-state index in [2.05, 4.69) is 9.59 Å². The molecule has 0 aliphatic heterocycles. The summed E-state index contributed by atoms with van der Waals surface area (Å²) in [5.74, 6) is -5.14. The molecule has 1 aromatic heterocycles. The van der Waals surface area contributed by atoms with Gasteiger partial charge in [0.15, 0.2) is 21.5 Å². The van der Waals surface area contributed by atoms with Crippen molar-refractivity contribution in [1.29, 1.82) is 0 Å². The molecule has 3 rings (SSSR count). The lowest BCUT2D eigenvalue weighted by atomic mass is 10.2. The molecule has 0 aliphatic rings. The number of aromatic nitrogens is 2. The highest BCUT2D eigenvalue weighted by molar-refractivity contribution is 7.93. The second-order valence-electron chi connectivity index (χ2n) is 5.06. The van der Waals surface area contributed by atoms with Crippen molar-refractivity contribution in [2.75, 3.05) is 5.32 Å². The second-order valence-corrected chi connectivity index (χ2v) is 8.40. The van der Waals surface area contributed by atoms with Crippen LogP contribution in [0.5, 0.6) is 0 Å². The van der Waals surface area contributed by atoms with Gasteiger partial charge in [0.05, 0.1) is 4.90 Å². The number of nitrogens with one attached hydrogen (secondary N) is 1. The Kier molecular flexibility index (Phi) is 5.18. The van der Waals surface area contributed by atoms with Gasteiger partial charge in [0.1, 0.15) is 11.5 Å². The van der Waals surface area contributed by atoms with Crippen LogP contribution in [0.15, 0.2) is 45.5 Å². The van der Waals surface area contributed by atoms with Crippen LogP contribution in [-0.2, 0) is 9.84 Å². The third-order valence-corrected chi connectivity index (χ3v) is 6.52. The highest BCUT2D eigenvalue weighted by Gasteiger charge is 2.30. The van der Waals surface area contributed by atoms with Crippen LogP contribution >= 0.6 is 23.1 Å². The lowest BCUT2D eigenvalue weighted by Gasteiger charge is -2.08. The van der Waals surface area contributed by atoms with E-state index in [0.29, 0.717) is 28.7 Å². The Bertz CT molecular complexity index is 1110. The fraction of sp³-hybridized carbons (Fsp3) is 0. The molecule has 0 atom stereocenters. The number of sulfone groups is 1. The van der Waals surface area contributed by atoms with E-state index in [1.165, 1.54) is 24.3 Å². The van der Waals surface area contributed by atoms with E-state index in [0.717, 1.165) is 0 Å². The second kappa shape index (κ2) is 7.25. The minimum absolute atomic E-state index is 0.175. The molecule has 140 valence electrons. The van der Waals surface area contributed by atoms with Gasteiger partial charge in [-0.1, -0.05) is 16.1 Å². The average Bonchev–Trinajstić information content (AvgIpc) is 3.09. The minimum Gasteiger partial charge on any atom is -0.316 e. The summed E-state index contributed by atoms with van der Waals surface area (Å²) < 4.78 is 68.6. The molecule has 1 N–H and O–H groups in total. The summed E-state index contributed by atoms with van der Waals surface area (Å²) in [5, 5.41) is 5.58. The van der Waals surface area contributed by atoms with Gasteiger partial charge >= 0.3 is 0 Å². The Balaban J connectivity index is 1.98. The van der Waals surface area contributed by atoms with E-state index in [9.17, 15) is 26.4 Å². The van der Waals surface area contributed by atoms with E-state index < -0.39 is 48.8 Å². The molecule has 0 unspecified atom stereocenters. The quantitative estimate of drug-likeness (QED) is 0.677. The van der Waals surface area contributed by atoms with Gasteiger partial charge in [-0.3, -0.25) is 4.79 Å². The van der Waals surface area contributed by atoms with Gasteiger partial charge in [-0.25, -0.2) is 21.6 Å². The van der Waals surface area contributed by atoms with Crippen molar-refractivity contribution in [1.82, 2.24) is 9.59 Å². The first-order valence-corrected chi connectivity index (χ1v) is 9.62. The Morgan fingerprint density at radius 2 is 1.67 bits per heavy atom. The van der Waals surface area contributed by atoms with Crippen LogP contribution in [0.4, 0.5) is 18.9 Å². The maximum Gasteiger partial charge on any atom is 0.278 e. The minimum atomic E-state index is -4.18. The Morgan fingerprint density at radius 3 is 2.26 bits per heavy atom. The van der Waals surface area contributed by atoms with Crippen molar-refractivity contribution < 1.29 is 26.4 Å². The first-order valence-electron chi connectivity index (χ1n) is 6.99. The van der Waals surface area contributed by atoms with Crippen LogP contribution < -0.4 is 5.32 Å². The third kappa shape index (κ3) is 3.80. The van der Waals surface area contributed by atoms with E-state index in [4.69, 9.17) is 11.6 Å². The summed E-state index contributed by atoms with van der Waals surface area (Å²) in [6.07, 6.45) is 0. The van der Waals surface area contributed by atoms with E-state index in [1.807, 2.05) is 5.32 Å². The SMILES string of the molecule is O=C(Nc1c(F)cc(F)cc1F)c1nnsc1S(=O)(=O)c1ccc(Cl)cc1. The molecule has 27 heavy (non-hydrogen) atoms. The number of nitrogens with zero attached hydrogens (tertiary/aromatic N) is 2. The number of carbonyl (C=O) groups excluding carboxylic acids is 1. The molecule has 6 nitrogen and oxygen atoms in total. The zero-order valence-corrected chi connectivity index (χ0v) is 15.3. The molecule has 1 amide bonds. The molecular weight excluding hydrogens is 427 g/mol. The number of rotatable bonds is 4. The van der Waals surface area contributed by atoms with Crippen molar-refractivity contribution in [3.05, 3.63) is 64.6 Å². The van der Waals surface area contributed by atoms with Crippen LogP contribution in [0.3, 0.4) is 0 Å².